The number of anilines is 1. The molecule has 0 aromatic carbocycles. The third-order valence-electron chi connectivity index (χ3n) is 3.20. The Morgan fingerprint density at radius 1 is 1.35 bits per heavy atom. The number of nitrogens with one attached hydrogen (secondary N) is 2. The molecule has 0 saturated carbocycles. The number of hydrogen-bond acceptors (Lipinski definition) is 5. The van der Waals surface area contributed by atoms with E-state index >= 15 is 0 Å². The topological polar surface area (TPSA) is 83.3 Å². The zero-order valence-corrected chi connectivity index (χ0v) is 12.7. The van der Waals surface area contributed by atoms with Crippen molar-refractivity contribution in [2.24, 2.45) is 5.84 Å². The summed E-state index contributed by atoms with van der Waals surface area (Å²) in [6.07, 6.45) is 3.10. The molecule has 0 saturated heterocycles. The van der Waals surface area contributed by atoms with Gasteiger partial charge in [0.05, 0.1) is 17.4 Å². The molecule has 112 valence electrons. The van der Waals surface area contributed by atoms with E-state index in [1.807, 2.05) is 0 Å². The summed E-state index contributed by atoms with van der Waals surface area (Å²) in [5.41, 5.74) is 3.50. The summed E-state index contributed by atoms with van der Waals surface area (Å²) in [5, 5.41) is 2.91. The summed E-state index contributed by atoms with van der Waals surface area (Å²) >= 11 is 0. The van der Waals surface area contributed by atoms with Crippen molar-refractivity contribution < 1.29 is 4.79 Å². The maximum atomic E-state index is 12.1. The van der Waals surface area contributed by atoms with Gasteiger partial charge in [0.15, 0.2) is 0 Å². The van der Waals surface area contributed by atoms with Gasteiger partial charge >= 0.3 is 0 Å². The number of hydrazine groups is 1. The molecule has 1 aromatic heterocycles. The highest BCUT2D eigenvalue weighted by Crippen LogP contribution is 2.11. The molecule has 0 aliphatic carbocycles. The highest BCUT2D eigenvalue weighted by Gasteiger charge is 2.14. The molecule has 4 N–H and O–H groups in total. The Labute approximate surface area is 120 Å². The number of carbonyl (C=O) groups excluding carboxylic acids is 1. The first-order valence-corrected chi connectivity index (χ1v) is 6.92. The van der Waals surface area contributed by atoms with E-state index in [0.29, 0.717) is 29.9 Å². The molecule has 1 rings (SSSR count). The fourth-order valence-corrected chi connectivity index (χ4v) is 2.21. The fraction of sp³-hybridized carbons (Fsp3) is 0.571. The number of hydrogen-bond donors (Lipinski definition) is 3. The van der Waals surface area contributed by atoms with Crippen LogP contribution in [0.1, 0.15) is 38.1 Å². The highest BCUT2D eigenvalue weighted by molar-refractivity contribution is 5.99. The van der Waals surface area contributed by atoms with Gasteiger partial charge in [-0.05, 0) is 33.8 Å². The first kappa shape index (κ1) is 16.4. The van der Waals surface area contributed by atoms with Gasteiger partial charge in [-0.25, -0.2) is 0 Å². The summed E-state index contributed by atoms with van der Waals surface area (Å²) in [4.78, 5) is 18.3. The molecule has 6 heteroatoms. The quantitative estimate of drug-likeness (QED) is 0.516. The van der Waals surface area contributed by atoms with Crippen molar-refractivity contribution in [2.75, 3.05) is 18.5 Å². The molecule has 1 amide bonds. The monoisotopic (exact) mass is 279 g/mol. The third kappa shape index (κ3) is 4.47. The van der Waals surface area contributed by atoms with E-state index in [-0.39, 0.29) is 5.91 Å². The third-order valence-corrected chi connectivity index (χ3v) is 3.20. The van der Waals surface area contributed by atoms with E-state index in [1.165, 1.54) is 6.20 Å². The lowest BCUT2D eigenvalue weighted by Crippen LogP contribution is -2.42. The lowest BCUT2D eigenvalue weighted by molar-refractivity contribution is 0.0940. The molecule has 0 spiro atoms. The lowest BCUT2D eigenvalue weighted by atomic mass is 10.2. The molecule has 1 aromatic rings. The van der Waals surface area contributed by atoms with Gasteiger partial charge in [-0.1, -0.05) is 0 Å². The van der Waals surface area contributed by atoms with E-state index in [9.17, 15) is 4.79 Å². The lowest BCUT2D eigenvalue weighted by Gasteiger charge is -2.30. The minimum atomic E-state index is -0.146. The van der Waals surface area contributed by atoms with Crippen molar-refractivity contribution in [3.63, 3.8) is 0 Å². The molecular weight excluding hydrogens is 254 g/mol. The zero-order chi connectivity index (χ0) is 15.1. The standard InChI is InChI=1S/C14H25N5O/c1-10(2)19(11(3)4)8-7-17-14(20)12-5-6-16-9-13(12)18-15/h5-6,9-11,18H,7-8,15H2,1-4H3,(H,17,20). The van der Waals surface area contributed by atoms with Crippen LogP contribution in [0.2, 0.25) is 0 Å². The Bertz CT molecular complexity index is 425. The Kier molecular flexibility index (Phi) is 6.41. The Morgan fingerprint density at radius 3 is 2.55 bits per heavy atom. The minimum Gasteiger partial charge on any atom is -0.351 e. The summed E-state index contributed by atoms with van der Waals surface area (Å²) in [5.74, 6) is 5.22. The van der Waals surface area contributed by atoms with Crippen molar-refractivity contribution in [2.45, 2.75) is 39.8 Å². The van der Waals surface area contributed by atoms with Crippen molar-refractivity contribution in [3.05, 3.63) is 24.0 Å². The van der Waals surface area contributed by atoms with Crippen LogP contribution >= 0.6 is 0 Å². The van der Waals surface area contributed by atoms with Gasteiger partial charge in [0.2, 0.25) is 0 Å². The minimum absolute atomic E-state index is 0.146. The average Bonchev–Trinajstić information content (AvgIpc) is 2.42. The van der Waals surface area contributed by atoms with E-state index in [1.54, 1.807) is 12.3 Å². The molecular formula is C14H25N5O. The second-order valence-electron chi connectivity index (χ2n) is 5.25. The number of nitrogens with zero attached hydrogens (tertiary/aromatic N) is 2. The van der Waals surface area contributed by atoms with Gasteiger partial charge in [0.25, 0.3) is 5.91 Å². The van der Waals surface area contributed by atoms with Crippen molar-refractivity contribution >= 4 is 11.6 Å². The Morgan fingerprint density at radius 2 is 2.00 bits per heavy atom. The first-order valence-electron chi connectivity index (χ1n) is 6.92. The van der Waals surface area contributed by atoms with Crippen molar-refractivity contribution in [1.29, 1.82) is 0 Å². The van der Waals surface area contributed by atoms with Crippen LogP contribution in [0, 0.1) is 0 Å². The van der Waals surface area contributed by atoms with Gasteiger partial charge < -0.3 is 10.7 Å². The van der Waals surface area contributed by atoms with Crippen LogP contribution in [0.3, 0.4) is 0 Å². The molecule has 20 heavy (non-hydrogen) atoms. The number of pyridine rings is 1. The number of rotatable bonds is 7. The van der Waals surface area contributed by atoms with Crippen LogP contribution in [-0.2, 0) is 0 Å². The van der Waals surface area contributed by atoms with E-state index in [4.69, 9.17) is 5.84 Å². The molecule has 0 atom stereocenters. The van der Waals surface area contributed by atoms with E-state index in [0.717, 1.165) is 6.54 Å². The predicted molar refractivity (Wildman–Crippen MR) is 81.4 cm³/mol. The van der Waals surface area contributed by atoms with Crippen LogP contribution in [-0.4, -0.2) is 41.0 Å². The van der Waals surface area contributed by atoms with Gasteiger partial charge in [0, 0.05) is 31.4 Å². The second-order valence-corrected chi connectivity index (χ2v) is 5.25. The van der Waals surface area contributed by atoms with Gasteiger partial charge in [0.1, 0.15) is 0 Å². The molecule has 1 heterocycles. The molecule has 0 aliphatic rings. The maximum Gasteiger partial charge on any atom is 0.253 e. The summed E-state index contributed by atoms with van der Waals surface area (Å²) in [6.45, 7) is 10.0. The molecule has 0 radical (unpaired) electrons. The highest BCUT2D eigenvalue weighted by atomic mass is 16.1. The van der Waals surface area contributed by atoms with Crippen molar-refractivity contribution in [3.8, 4) is 0 Å². The first-order chi connectivity index (χ1) is 9.47. The predicted octanol–water partition coefficient (Wildman–Crippen LogP) is 1.22. The van der Waals surface area contributed by atoms with Crippen LogP contribution in [0.5, 0.6) is 0 Å². The van der Waals surface area contributed by atoms with Crippen LogP contribution < -0.4 is 16.6 Å². The second kappa shape index (κ2) is 7.81. The van der Waals surface area contributed by atoms with Crippen LogP contribution in [0.15, 0.2) is 18.5 Å². The molecule has 0 aliphatic heterocycles. The number of amides is 1. The van der Waals surface area contributed by atoms with Gasteiger partial charge in [-0.2, -0.15) is 0 Å². The summed E-state index contributed by atoms with van der Waals surface area (Å²) in [6, 6.07) is 2.55. The zero-order valence-electron chi connectivity index (χ0n) is 12.7. The number of aromatic nitrogens is 1. The Balaban J connectivity index is 2.55. The van der Waals surface area contributed by atoms with E-state index < -0.39 is 0 Å². The van der Waals surface area contributed by atoms with E-state index in [2.05, 4.69) is 48.3 Å². The normalized spacial score (nSPS) is 11.2. The molecule has 0 bridgehead atoms. The maximum absolute atomic E-state index is 12.1. The largest absolute Gasteiger partial charge is 0.351 e. The molecule has 0 unspecified atom stereocenters. The van der Waals surface area contributed by atoms with Gasteiger partial charge in [-0.3, -0.25) is 20.5 Å². The SMILES string of the molecule is CC(C)N(CCNC(=O)c1ccncc1NN)C(C)C. The smallest absolute Gasteiger partial charge is 0.253 e. The number of nitrogen functional groups attached to an aromatic ring is 1. The van der Waals surface area contributed by atoms with Crippen LogP contribution in [0.4, 0.5) is 5.69 Å². The van der Waals surface area contributed by atoms with Crippen LogP contribution in [0.25, 0.3) is 0 Å². The number of carbonyl (C=O) groups is 1. The van der Waals surface area contributed by atoms with Gasteiger partial charge in [-0.15, -0.1) is 0 Å². The average molecular weight is 279 g/mol. The summed E-state index contributed by atoms with van der Waals surface area (Å²) < 4.78 is 0. The molecule has 6 nitrogen and oxygen atoms in total. The van der Waals surface area contributed by atoms with Crippen molar-refractivity contribution in [1.82, 2.24) is 15.2 Å². The number of nitrogens with two attached hydrogens (primary N) is 1. The Hall–Kier alpha value is -1.66. The molecule has 0 fully saturated rings. The fourth-order valence-electron chi connectivity index (χ4n) is 2.21. The summed E-state index contributed by atoms with van der Waals surface area (Å²) in [7, 11) is 0.